The van der Waals surface area contributed by atoms with Gasteiger partial charge in [0, 0.05) is 44.7 Å². The number of amides is 1. The molecule has 10 nitrogen and oxygen atoms in total. The molecule has 1 aromatic carbocycles. The van der Waals surface area contributed by atoms with Crippen molar-refractivity contribution in [3.05, 3.63) is 39.7 Å². The third kappa shape index (κ3) is 4.08. The molecular weight excluding hydrogens is 502 g/mol. The van der Waals surface area contributed by atoms with Crippen molar-refractivity contribution in [1.82, 2.24) is 10.2 Å². The Balaban J connectivity index is 1.99. The van der Waals surface area contributed by atoms with Crippen molar-refractivity contribution < 1.29 is 34.8 Å². The van der Waals surface area contributed by atoms with Crippen LogP contribution < -0.4 is 10.2 Å². The summed E-state index contributed by atoms with van der Waals surface area (Å²) in [7, 11) is 8.11. The van der Waals surface area contributed by atoms with Crippen LogP contribution in [-0.4, -0.2) is 89.7 Å². The standard InChI is InChI=1S/C29H35N3O7/c1-7-8-9-10-14-13-18(31(3)4)16-11-15-12-17-22(32(5)6)25(35)21(28(38)30-2)27(37)29(17,39)26(36)19(15)24(34)20(16)23(14)33/h13,15,17,22,33-34,37,39H,7-8,11-12H2,1-6H3,(H,30,38). The number of aromatic hydroxyl groups is 1. The fraction of sp³-hybridized carbons (Fsp3) is 0.483. The van der Waals surface area contributed by atoms with Crippen molar-refractivity contribution >= 4 is 28.9 Å². The number of likely N-dealkylation sites (N-methyl/N-ethyl adjacent to an activating group) is 2. The minimum absolute atomic E-state index is 0.0506. The van der Waals surface area contributed by atoms with E-state index >= 15 is 0 Å². The van der Waals surface area contributed by atoms with Crippen LogP contribution in [0.25, 0.3) is 5.76 Å². The van der Waals surface area contributed by atoms with Crippen LogP contribution in [0, 0.1) is 23.7 Å². The van der Waals surface area contributed by atoms with Crippen LogP contribution >= 0.6 is 0 Å². The molecule has 1 amide bonds. The molecule has 4 rings (SSSR count). The van der Waals surface area contributed by atoms with E-state index in [2.05, 4.69) is 17.2 Å². The number of fused-ring (bicyclic) bond motifs is 3. The summed E-state index contributed by atoms with van der Waals surface area (Å²) < 4.78 is 0. The molecule has 4 unspecified atom stereocenters. The Morgan fingerprint density at radius 1 is 1.18 bits per heavy atom. The second-order valence-electron chi connectivity index (χ2n) is 10.8. The molecule has 0 saturated heterocycles. The van der Waals surface area contributed by atoms with Crippen molar-refractivity contribution in [2.75, 3.05) is 40.1 Å². The Labute approximate surface area is 227 Å². The molecule has 0 bridgehead atoms. The van der Waals surface area contributed by atoms with Gasteiger partial charge < -0.3 is 30.6 Å². The van der Waals surface area contributed by atoms with Crippen LogP contribution in [0.5, 0.6) is 5.75 Å². The van der Waals surface area contributed by atoms with E-state index in [0.717, 1.165) is 6.42 Å². The van der Waals surface area contributed by atoms with E-state index < -0.39 is 58.0 Å². The Morgan fingerprint density at radius 2 is 1.85 bits per heavy atom. The molecule has 0 heterocycles. The van der Waals surface area contributed by atoms with Crippen molar-refractivity contribution in [3.8, 4) is 17.6 Å². The van der Waals surface area contributed by atoms with Gasteiger partial charge in [-0.2, -0.15) is 0 Å². The molecule has 4 atom stereocenters. The molecule has 3 aliphatic rings. The third-order valence-corrected chi connectivity index (χ3v) is 7.98. The Hall–Kier alpha value is -3.81. The number of rotatable bonds is 4. The number of phenols is 1. The maximum atomic E-state index is 14.1. The van der Waals surface area contributed by atoms with Gasteiger partial charge in [-0.1, -0.05) is 18.8 Å². The van der Waals surface area contributed by atoms with Crippen molar-refractivity contribution in [2.24, 2.45) is 11.8 Å². The second kappa shape index (κ2) is 10.1. The van der Waals surface area contributed by atoms with Crippen LogP contribution in [0.1, 0.15) is 42.9 Å². The zero-order valence-electron chi connectivity index (χ0n) is 23.0. The molecule has 0 radical (unpaired) electrons. The fourth-order valence-electron chi connectivity index (χ4n) is 6.18. The molecule has 208 valence electrons. The van der Waals surface area contributed by atoms with Gasteiger partial charge in [0.2, 0.25) is 5.78 Å². The van der Waals surface area contributed by atoms with Gasteiger partial charge in [0.05, 0.1) is 17.2 Å². The molecule has 5 N–H and O–H groups in total. The summed E-state index contributed by atoms with van der Waals surface area (Å²) in [4.78, 5) is 43.4. The van der Waals surface area contributed by atoms with E-state index in [0.29, 0.717) is 17.7 Å². The molecule has 0 spiro atoms. The molecule has 39 heavy (non-hydrogen) atoms. The highest BCUT2D eigenvalue weighted by Gasteiger charge is 2.64. The van der Waals surface area contributed by atoms with Crippen LogP contribution in [0.2, 0.25) is 0 Å². The summed E-state index contributed by atoms with van der Waals surface area (Å²) in [5.74, 6) is -0.213. The molecule has 1 aromatic rings. The average Bonchev–Trinajstić information content (AvgIpc) is 2.87. The van der Waals surface area contributed by atoms with Gasteiger partial charge in [0.25, 0.3) is 5.91 Å². The van der Waals surface area contributed by atoms with Gasteiger partial charge >= 0.3 is 0 Å². The maximum Gasteiger partial charge on any atom is 0.258 e. The smallest absolute Gasteiger partial charge is 0.258 e. The largest absolute Gasteiger partial charge is 0.508 e. The number of carbonyl (C=O) groups is 3. The Kier molecular flexibility index (Phi) is 7.27. The number of hydrogen-bond acceptors (Lipinski definition) is 9. The van der Waals surface area contributed by atoms with E-state index in [1.165, 1.54) is 11.9 Å². The third-order valence-electron chi connectivity index (χ3n) is 7.98. The molecule has 0 aromatic heterocycles. The lowest BCUT2D eigenvalue weighted by atomic mass is 9.57. The minimum Gasteiger partial charge on any atom is -0.508 e. The monoisotopic (exact) mass is 537 g/mol. The first-order valence-corrected chi connectivity index (χ1v) is 12.9. The van der Waals surface area contributed by atoms with Gasteiger partial charge in [0.15, 0.2) is 11.4 Å². The first-order valence-electron chi connectivity index (χ1n) is 12.9. The van der Waals surface area contributed by atoms with E-state index in [1.807, 2.05) is 25.9 Å². The average molecular weight is 538 g/mol. The van der Waals surface area contributed by atoms with Gasteiger partial charge in [-0.05, 0) is 50.9 Å². The van der Waals surface area contributed by atoms with E-state index in [4.69, 9.17) is 0 Å². The molecular formula is C29H35N3O7. The SMILES string of the molecule is CCCC#Cc1cc(N(C)C)c2c(c1O)C(O)=C1C(=O)C3(O)C(O)=C(C(=O)NC)C(=O)C(N(C)C)C3CC1C2. The van der Waals surface area contributed by atoms with Gasteiger partial charge in [-0.15, -0.1) is 0 Å². The highest BCUT2D eigenvalue weighted by molar-refractivity contribution is 6.25. The summed E-state index contributed by atoms with van der Waals surface area (Å²) in [6, 6.07) is 0.665. The van der Waals surface area contributed by atoms with E-state index in [9.17, 15) is 34.8 Å². The number of anilines is 1. The number of hydrogen-bond donors (Lipinski definition) is 5. The molecule has 1 saturated carbocycles. The van der Waals surface area contributed by atoms with Crippen LogP contribution in [0.15, 0.2) is 23.0 Å². The van der Waals surface area contributed by atoms with E-state index in [1.54, 1.807) is 20.2 Å². The van der Waals surface area contributed by atoms with Crippen LogP contribution in [0.3, 0.4) is 0 Å². The summed E-state index contributed by atoms with van der Waals surface area (Å²) in [5.41, 5.74) is -1.82. The second-order valence-corrected chi connectivity index (χ2v) is 10.8. The topological polar surface area (TPSA) is 151 Å². The number of phenolic OH excluding ortho intramolecular Hbond substituents is 1. The molecule has 3 aliphatic carbocycles. The summed E-state index contributed by atoms with van der Waals surface area (Å²) in [5, 5.41) is 47.9. The quantitative estimate of drug-likeness (QED) is 0.284. The molecule has 0 aliphatic heterocycles. The highest BCUT2D eigenvalue weighted by Crippen LogP contribution is 2.54. The number of benzene rings is 1. The van der Waals surface area contributed by atoms with E-state index in [-0.39, 0.29) is 35.3 Å². The number of carbonyl (C=O) groups excluding carboxylic acids is 3. The molecule has 1 fully saturated rings. The number of ketones is 2. The first kappa shape index (κ1) is 28.2. The number of unbranched alkanes of at least 4 members (excludes halogenated alkanes) is 1. The number of Topliss-reactive ketones (excluding diaryl/α,β-unsaturated/α-hetero) is 2. The predicted molar refractivity (Wildman–Crippen MR) is 145 cm³/mol. The Morgan fingerprint density at radius 3 is 2.41 bits per heavy atom. The maximum absolute atomic E-state index is 14.1. The summed E-state index contributed by atoms with van der Waals surface area (Å²) in [6.45, 7) is 1.98. The summed E-state index contributed by atoms with van der Waals surface area (Å²) >= 11 is 0. The fourth-order valence-corrected chi connectivity index (χ4v) is 6.18. The van der Waals surface area contributed by atoms with Gasteiger partial charge in [0.1, 0.15) is 22.8 Å². The molecule has 10 heteroatoms. The zero-order valence-corrected chi connectivity index (χ0v) is 23.0. The van der Waals surface area contributed by atoms with Gasteiger partial charge in [-0.3, -0.25) is 19.3 Å². The number of aliphatic hydroxyl groups excluding tert-OH is 2. The number of aliphatic hydroxyl groups is 3. The number of nitrogens with zero attached hydrogens (tertiary/aromatic N) is 2. The zero-order chi connectivity index (χ0) is 29.0. The van der Waals surface area contributed by atoms with Crippen LogP contribution in [0.4, 0.5) is 5.69 Å². The van der Waals surface area contributed by atoms with Crippen molar-refractivity contribution in [3.63, 3.8) is 0 Å². The lowest BCUT2D eigenvalue weighted by Gasteiger charge is -2.50. The first-order chi connectivity index (χ1) is 18.3. The van der Waals surface area contributed by atoms with Crippen molar-refractivity contribution in [2.45, 2.75) is 44.2 Å². The normalized spacial score (nSPS) is 26.0. The van der Waals surface area contributed by atoms with Gasteiger partial charge in [-0.25, -0.2) is 0 Å². The lowest BCUT2D eigenvalue weighted by Crippen LogP contribution is -2.65. The number of nitrogens with one attached hydrogen (secondary N) is 1. The highest BCUT2D eigenvalue weighted by atomic mass is 16.3. The van der Waals surface area contributed by atoms with Crippen LogP contribution in [-0.2, 0) is 20.8 Å². The summed E-state index contributed by atoms with van der Waals surface area (Å²) in [6.07, 6.45) is 1.74. The predicted octanol–water partition coefficient (Wildman–Crippen LogP) is 1.44. The lowest BCUT2D eigenvalue weighted by molar-refractivity contribution is -0.153. The minimum atomic E-state index is -2.62. The van der Waals surface area contributed by atoms with Crippen molar-refractivity contribution in [1.29, 1.82) is 0 Å². The Bertz CT molecular complexity index is 1400.